The van der Waals surface area contributed by atoms with Crippen LogP contribution >= 0.6 is 11.6 Å². The fourth-order valence-corrected chi connectivity index (χ4v) is 1.90. The normalized spacial score (nSPS) is 12.6. The zero-order valence-corrected chi connectivity index (χ0v) is 12.0. The maximum atomic E-state index is 10.9. The number of aromatic nitrogens is 1. The van der Waals surface area contributed by atoms with E-state index in [9.17, 15) is 4.79 Å². The van der Waals surface area contributed by atoms with Gasteiger partial charge >= 0.3 is 5.97 Å². The number of hydrogen-bond donors (Lipinski definition) is 1. The van der Waals surface area contributed by atoms with Crippen molar-refractivity contribution in [2.45, 2.75) is 19.5 Å². The van der Waals surface area contributed by atoms with Crippen molar-refractivity contribution in [1.29, 1.82) is 0 Å². The fraction of sp³-hybridized carbons (Fsp3) is 0.286. The predicted octanol–water partition coefficient (Wildman–Crippen LogP) is 2.90. The van der Waals surface area contributed by atoms with Crippen molar-refractivity contribution < 1.29 is 14.3 Å². The van der Waals surface area contributed by atoms with Gasteiger partial charge in [0.25, 0.3) is 0 Å². The van der Waals surface area contributed by atoms with Crippen LogP contribution in [0.5, 0.6) is 0 Å². The monoisotopic (exact) mass is 294 g/mol. The van der Waals surface area contributed by atoms with Gasteiger partial charge in [-0.05, 0) is 32.2 Å². The second kappa shape index (κ2) is 6.07. The number of halogens is 1. The van der Waals surface area contributed by atoms with Gasteiger partial charge in [0.05, 0.1) is 5.69 Å². The van der Waals surface area contributed by atoms with Gasteiger partial charge in [0.2, 0.25) is 5.89 Å². The Labute approximate surface area is 121 Å². The quantitative estimate of drug-likeness (QED) is 0.918. The average molecular weight is 295 g/mol. The summed E-state index contributed by atoms with van der Waals surface area (Å²) >= 11 is 5.92. The van der Waals surface area contributed by atoms with E-state index in [1.165, 1.54) is 6.26 Å². The predicted molar refractivity (Wildman–Crippen MR) is 75.5 cm³/mol. The highest BCUT2D eigenvalue weighted by Gasteiger charge is 2.18. The van der Waals surface area contributed by atoms with E-state index in [-0.39, 0.29) is 0 Å². The summed E-state index contributed by atoms with van der Waals surface area (Å²) in [5, 5.41) is 9.55. The second-order valence-electron chi connectivity index (χ2n) is 4.58. The highest BCUT2D eigenvalue weighted by molar-refractivity contribution is 6.30. The number of benzene rings is 1. The molecule has 106 valence electrons. The summed E-state index contributed by atoms with van der Waals surface area (Å²) in [6.07, 6.45) is 1.53. The molecule has 0 fully saturated rings. The number of carboxylic acids is 1. The first-order valence-corrected chi connectivity index (χ1v) is 6.48. The van der Waals surface area contributed by atoms with Crippen LogP contribution in [0.4, 0.5) is 0 Å². The van der Waals surface area contributed by atoms with Crippen LogP contribution in [-0.2, 0) is 11.3 Å². The summed E-state index contributed by atoms with van der Waals surface area (Å²) in [6, 6.07) is 6.63. The van der Waals surface area contributed by atoms with E-state index in [0.29, 0.717) is 23.2 Å². The van der Waals surface area contributed by atoms with Crippen LogP contribution in [0.25, 0.3) is 11.5 Å². The Kier molecular flexibility index (Phi) is 4.42. The minimum atomic E-state index is -0.869. The largest absolute Gasteiger partial charge is 0.480 e. The Hall–Kier alpha value is -1.85. The summed E-state index contributed by atoms with van der Waals surface area (Å²) in [6.45, 7) is 2.03. The lowest BCUT2D eigenvalue weighted by Gasteiger charge is -2.19. The Balaban J connectivity index is 2.11. The van der Waals surface area contributed by atoms with Crippen molar-refractivity contribution in [2.24, 2.45) is 0 Å². The molecule has 0 spiro atoms. The van der Waals surface area contributed by atoms with E-state index in [4.69, 9.17) is 21.1 Å². The van der Waals surface area contributed by atoms with Crippen LogP contribution in [0.3, 0.4) is 0 Å². The van der Waals surface area contributed by atoms with Gasteiger partial charge < -0.3 is 9.52 Å². The van der Waals surface area contributed by atoms with Crippen LogP contribution in [0.1, 0.15) is 12.6 Å². The van der Waals surface area contributed by atoms with Crippen molar-refractivity contribution in [1.82, 2.24) is 9.88 Å². The Morgan fingerprint density at radius 2 is 2.30 bits per heavy atom. The standard InChI is InChI=1S/C14H15ClN2O3/c1-9(14(18)19)17(2)7-12-8-20-13(16-12)10-4-3-5-11(15)6-10/h3-6,8-9H,7H2,1-2H3,(H,18,19)/t9-/m0/s1. The SMILES string of the molecule is C[C@@H](C(=O)O)N(C)Cc1coc(-c2cccc(Cl)c2)n1. The molecule has 1 aromatic carbocycles. The van der Waals surface area contributed by atoms with Gasteiger partial charge in [-0.15, -0.1) is 0 Å². The average Bonchev–Trinajstić information content (AvgIpc) is 2.86. The number of nitrogens with zero attached hydrogens (tertiary/aromatic N) is 2. The first kappa shape index (κ1) is 14.6. The molecule has 1 aromatic heterocycles. The molecule has 0 saturated heterocycles. The number of carboxylic acid groups (broad SMARTS) is 1. The Morgan fingerprint density at radius 1 is 1.55 bits per heavy atom. The van der Waals surface area contributed by atoms with E-state index in [0.717, 1.165) is 5.56 Å². The molecule has 0 aliphatic heterocycles. The lowest BCUT2D eigenvalue weighted by molar-refractivity contribution is -0.142. The second-order valence-corrected chi connectivity index (χ2v) is 5.02. The van der Waals surface area contributed by atoms with E-state index < -0.39 is 12.0 Å². The maximum Gasteiger partial charge on any atom is 0.320 e. The topological polar surface area (TPSA) is 66.6 Å². The van der Waals surface area contributed by atoms with Gasteiger partial charge in [-0.1, -0.05) is 17.7 Å². The fourth-order valence-electron chi connectivity index (χ4n) is 1.71. The van der Waals surface area contributed by atoms with Gasteiger partial charge in [-0.25, -0.2) is 4.98 Å². The third kappa shape index (κ3) is 3.37. The van der Waals surface area contributed by atoms with Gasteiger partial charge in [0, 0.05) is 17.1 Å². The van der Waals surface area contributed by atoms with Crippen LogP contribution in [0.15, 0.2) is 34.9 Å². The number of oxazole rings is 1. The van der Waals surface area contributed by atoms with Crippen LogP contribution in [-0.4, -0.2) is 34.0 Å². The molecule has 0 unspecified atom stereocenters. The molecule has 2 aromatic rings. The summed E-state index contributed by atoms with van der Waals surface area (Å²) < 4.78 is 5.40. The van der Waals surface area contributed by atoms with Crippen molar-refractivity contribution in [3.8, 4) is 11.5 Å². The maximum absolute atomic E-state index is 10.9. The molecule has 1 atom stereocenters. The molecule has 0 aliphatic rings. The molecule has 2 rings (SSSR count). The van der Waals surface area contributed by atoms with Crippen molar-refractivity contribution in [3.63, 3.8) is 0 Å². The Bertz CT molecular complexity index is 612. The van der Waals surface area contributed by atoms with Crippen LogP contribution < -0.4 is 0 Å². The summed E-state index contributed by atoms with van der Waals surface area (Å²) in [5.41, 5.74) is 1.47. The summed E-state index contributed by atoms with van der Waals surface area (Å²) in [4.78, 5) is 16.9. The smallest absolute Gasteiger partial charge is 0.320 e. The molecule has 1 N–H and O–H groups in total. The molecular weight excluding hydrogens is 280 g/mol. The van der Waals surface area contributed by atoms with Crippen molar-refractivity contribution in [2.75, 3.05) is 7.05 Å². The molecule has 6 heteroatoms. The van der Waals surface area contributed by atoms with Crippen LogP contribution in [0, 0.1) is 0 Å². The molecule has 1 heterocycles. The molecule has 5 nitrogen and oxygen atoms in total. The van der Waals surface area contributed by atoms with Gasteiger partial charge in [-0.3, -0.25) is 9.69 Å². The van der Waals surface area contributed by atoms with E-state index in [1.807, 2.05) is 12.1 Å². The lowest BCUT2D eigenvalue weighted by Crippen LogP contribution is -2.35. The van der Waals surface area contributed by atoms with Gasteiger partial charge in [0.1, 0.15) is 12.3 Å². The number of hydrogen-bond acceptors (Lipinski definition) is 4. The minimum absolute atomic E-state index is 0.400. The summed E-state index contributed by atoms with van der Waals surface area (Å²) in [5.74, 6) is -0.398. The van der Waals surface area contributed by atoms with E-state index in [1.54, 1.807) is 31.0 Å². The molecule has 0 aliphatic carbocycles. The van der Waals surface area contributed by atoms with E-state index in [2.05, 4.69) is 4.98 Å². The first-order chi connectivity index (χ1) is 9.47. The van der Waals surface area contributed by atoms with Gasteiger partial charge in [0.15, 0.2) is 0 Å². The molecule has 20 heavy (non-hydrogen) atoms. The van der Waals surface area contributed by atoms with E-state index >= 15 is 0 Å². The minimum Gasteiger partial charge on any atom is -0.480 e. The zero-order valence-electron chi connectivity index (χ0n) is 11.2. The number of rotatable bonds is 5. The molecule has 0 radical (unpaired) electrons. The molecule has 0 saturated carbocycles. The van der Waals surface area contributed by atoms with Crippen molar-refractivity contribution in [3.05, 3.63) is 41.2 Å². The highest BCUT2D eigenvalue weighted by atomic mass is 35.5. The number of aliphatic carboxylic acids is 1. The third-order valence-corrected chi connectivity index (χ3v) is 3.29. The zero-order chi connectivity index (χ0) is 14.7. The number of likely N-dealkylation sites (N-methyl/N-ethyl adjacent to an activating group) is 1. The highest BCUT2D eigenvalue weighted by Crippen LogP contribution is 2.22. The third-order valence-electron chi connectivity index (χ3n) is 3.05. The van der Waals surface area contributed by atoms with Crippen LogP contribution in [0.2, 0.25) is 5.02 Å². The number of carbonyl (C=O) groups is 1. The Morgan fingerprint density at radius 3 is 2.95 bits per heavy atom. The van der Waals surface area contributed by atoms with Gasteiger partial charge in [-0.2, -0.15) is 0 Å². The first-order valence-electron chi connectivity index (χ1n) is 6.11. The molecule has 0 amide bonds. The van der Waals surface area contributed by atoms with Crippen molar-refractivity contribution >= 4 is 17.6 Å². The molecular formula is C14H15ClN2O3. The molecule has 0 bridgehead atoms. The summed E-state index contributed by atoms with van der Waals surface area (Å²) in [7, 11) is 1.73. The lowest BCUT2D eigenvalue weighted by atomic mass is 10.2.